The second-order valence-electron chi connectivity index (χ2n) is 5.81. The maximum Gasteiger partial charge on any atom is 0.344 e. The van der Waals surface area contributed by atoms with Crippen molar-refractivity contribution in [3.8, 4) is 5.75 Å². The molecule has 0 unspecified atom stereocenters. The largest absolute Gasteiger partial charge is 0.507 e. The van der Waals surface area contributed by atoms with Crippen molar-refractivity contribution in [3.05, 3.63) is 80.4 Å². The summed E-state index contributed by atoms with van der Waals surface area (Å²) in [4.78, 5) is 27.4. The minimum absolute atomic E-state index is 0.00941. The van der Waals surface area contributed by atoms with Gasteiger partial charge in [-0.3, -0.25) is 10.1 Å². The van der Waals surface area contributed by atoms with Gasteiger partial charge in [-0.15, -0.1) is 0 Å². The molecule has 29 heavy (non-hydrogen) atoms. The number of aliphatic hydroxyl groups excluding tert-OH is 1. The molecule has 0 atom stereocenters. The third kappa shape index (κ3) is 4.46. The van der Waals surface area contributed by atoms with Crippen molar-refractivity contribution in [1.29, 1.82) is 0 Å². The summed E-state index contributed by atoms with van der Waals surface area (Å²) in [6, 6.07) is 12.1. The van der Waals surface area contributed by atoms with E-state index in [1.165, 1.54) is 30.3 Å². The predicted molar refractivity (Wildman–Crippen MR) is 110 cm³/mol. The van der Waals surface area contributed by atoms with Crippen molar-refractivity contribution in [3.63, 3.8) is 0 Å². The Morgan fingerprint density at radius 3 is 2.69 bits per heavy atom. The Morgan fingerprint density at radius 2 is 2.00 bits per heavy atom. The molecular weight excluding hydrogens is 396 g/mol. The first-order valence-electron chi connectivity index (χ1n) is 8.52. The van der Waals surface area contributed by atoms with Crippen LogP contribution in [0.4, 0.5) is 11.4 Å². The molecule has 0 aromatic heterocycles. The quantitative estimate of drug-likeness (QED) is 0.421. The van der Waals surface area contributed by atoms with Crippen LogP contribution >= 0.6 is 11.8 Å². The summed E-state index contributed by atoms with van der Waals surface area (Å²) in [5.74, 6) is -1.08. The number of carbonyl (C=O) groups is 1. The molecule has 9 heteroatoms. The number of nitrogens with zero attached hydrogens (tertiary/aromatic N) is 2. The number of carbonyl (C=O) groups excluding carboxylic acids is 1. The highest BCUT2D eigenvalue weighted by Crippen LogP contribution is 2.41. The van der Waals surface area contributed by atoms with E-state index in [0.717, 1.165) is 11.8 Å². The summed E-state index contributed by atoms with van der Waals surface area (Å²) in [7, 11) is 0. The molecule has 1 aliphatic heterocycles. The van der Waals surface area contributed by atoms with Gasteiger partial charge < -0.3 is 14.9 Å². The number of thioether (sulfide) groups is 1. The Balaban J connectivity index is 2.07. The molecule has 0 amide bonds. The van der Waals surface area contributed by atoms with Crippen molar-refractivity contribution in [1.82, 2.24) is 0 Å². The van der Waals surface area contributed by atoms with Gasteiger partial charge in [-0.25, -0.2) is 9.79 Å². The van der Waals surface area contributed by atoms with Crippen LogP contribution in [0.25, 0.3) is 6.08 Å². The number of nitro groups is 1. The number of phenols is 1. The van der Waals surface area contributed by atoms with Crippen LogP contribution in [0.1, 0.15) is 12.5 Å². The number of ether oxygens (including phenoxy) is 1. The van der Waals surface area contributed by atoms with Gasteiger partial charge in [-0.1, -0.05) is 36.0 Å². The molecular formula is C20H16N2O6S. The molecule has 0 fully saturated rings. The van der Waals surface area contributed by atoms with E-state index in [0.29, 0.717) is 10.5 Å². The fraction of sp³-hybridized carbons (Fsp3) is 0.100. The zero-order valence-corrected chi connectivity index (χ0v) is 16.0. The SMILES string of the molecule is CCOC(=O)C1=C(O)C(=Cc2ccccc2O)SC1=Nc1cccc([N+](=O)[O-])c1. The maximum atomic E-state index is 12.4. The van der Waals surface area contributed by atoms with E-state index >= 15 is 0 Å². The van der Waals surface area contributed by atoms with Crippen molar-refractivity contribution in [2.75, 3.05) is 6.61 Å². The Morgan fingerprint density at radius 1 is 1.24 bits per heavy atom. The van der Waals surface area contributed by atoms with Crippen molar-refractivity contribution >= 4 is 40.2 Å². The number of hydrogen-bond acceptors (Lipinski definition) is 8. The highest BCUT2D eigenvalue weighted by Gasteiger charge is 2.33. The third-order valence-electron chi connectivity index (χ3n) is 3.86. The lowest BCUT2D eigenvalue weighted by atomic mass is 10.1. The van der Waals surface area contributed by atoms with Crippen LogP contribution in [-0.2, 0) is 9.53 Å². The molecule has 0 bridgehead atoms. The van der Waals surface area contributed by atoms with Gasteiger partial charge in [0.15, 0.2) is 0 Å². The molecule has 148 valence electrons. The molecule has 2 N–H and O–H groups in total. The summed E-state index contributed by atoms with van der Waals surface area (Å²) in [6.07, 6.45) is 1.52. The molecule has 0 saturated carbocycles. The van der Waals surface area contributed by atoms with Gasteiger partial charge in [0.1, 0.15) is 22.1 Å². The Kier molecular flexibility index (Phi) is 5.99. The van der Waals surface area contributed by atoms with Crippen LogP contribution in [0.2, 0.25) is 0 Å². The van der Waals surface area contributed by atoms with E-state index in [9.17, 15) is 25.1 Å². The van der Waals surface area contributed by atoms with Crippen LogP contribution in [0.5, 0.6) is 5.75 Å². The molecule has 2 aromatic rings. The lowest BCUT2D eigenvalue weighted by Gasteiger charge is -2.03. The minimum Gasteiger partial charge on any atom is -0.507 e. The van der Waals surface area contributed by atoms with Gasteiger partial charge in [-0.2, -0.15) is 0 Å². The second-order valence-corrected chi connectivity index (χ2v) is 6.84. The summed E-state index contributed by atoms with van der Waals surface area (Å²) < 4.78 is 5.01. The number of aliphatic hydroxyl groups is 1. The van der Waals surface area contributed by atoms with Gasteiger partial charge in [0, 0.05) is 17.7 Å². The van der Waals surface area contributed by atoms with Crippen LogP contribution in [-0.4, -0.2) is 32.8 Å². The molecule has 0 radical (unpaired) electrons. The first-order chi connectivity index (χ1) is 13.9. The highest BCUT2D eigenvalue weighted by molar-refractivity contribution is 8.18. The Hall–Kier alpha value is -3.59. The number of nitro benzene ring substituents is 1. The summed E-state index contributed by atoms with van der Waals surface area (Å²) >= 11 is 0.999. The zero-order valence-electron chi connectivity index (χ0n) is 15.2. The monoisotopic (exact) mass is 412 g/mol. The summed E-state index contributed by atoms with van der Waals surface area (Å²) in [6.45, 7) is 1.73. The van der Waals surface area contributed by atoms with Gasteiger partial charge in [0.05, 0.1) is 22.1 Å². The second kappa shape index (κ2) is 8.61. The third-order valence-corrected chi connectivity index (χ3v) is 4.88. The average Bonchev–Trinajstić information content (AvgIpc) is 2.99. The highest BCUT2D eigenvalue weighted by atomic mass is 32.2. The van der Waals surface area contributed by atoms with E-state index in [1.54, 1.807) is 31.2 Å². The molecule has 2 aromatic carbocycles. The number of esters is 1. The number of benzene rings is 2. The van der Waals surface area contributed by atoms with Crippen molar-refractivity contribution in [2.45, 2.75) is 6.92 Å². The molecule has 8 nitrogen and oxygen atoms in total. The van der Waals surface area contributed by atoms with Crippen LogP contribution in [0.3, 0.4) is 0 Å². The number of para-hydroxylation sites is 1. The van der Waals surface area contributed by atoms with E-state index in [4.69, 9.17) is 4.74 Å². The van der Waals surface area contributed by atoms with Crippen molar-refractivity contribution < 1.29 is 24.7 Å². The first kappa shape index (κ1) is 20.2. The van der Waals surface area contributed by atoms with Gasteiger partial charge in [-0.05, 0) is 25.1 Å². The Bertz CT molecular complexity index is 1070. The summed E-state index contributed by atoms with van der Waals surface area (Å²) in [5, 5.41) is 31.7. The number of aromatic hydroxyl groups is 1. The molecule has 0 spiro atoms. The van der Waals surface area contributed by atoms with Crippen LogP contribution in [0.15, 0.2) is 69.8 Å². The minimum atomic E-state index is -0.762. The number of hydrogen-bond donors (Lipinski definition) is 2. The number of phenolic OH excluding ortho intramolecular Hbond substituents is 1. The van der Waals surface area contributed by atoms with Gasteiger partial charge in [0.25, 0.3) is 5.69 Å². The standard InChI is InChI=1S/C20H16N2O6S/c1-2-28-20(25)17-18(24)16(10-12-6-3-4-9-15(12)23)29-19(17)21-13-7-5-8-14(11-13)22(26)27/h3-11,23-24H,2H2,1H3. The van der Waals surface area contributed by atoms with Crippen LogP contribution < -0.4 is 0 Å². The van der Waals surface area contributed by atoms with Crippen LogP contribution in [0, 0.1) is 10.1 Å². The smallest absolute Gasteiger partial charge is 0.344 e. The molecule has 0 aliphatic carbocycles. The number of non-ortho nitro benzene ring substituents is 1. The molecule has 3 rings (SSSR count). The fourth-order valence-electron chi connectivity index (χ4n) is 2.54. The predicted octanol–water partition coefficient (Wildman–Crippen LogP) is 4.49. The van der Waals surface area contributed by atoms with E-state index in [1.807, 2.05) is 0 Å². The number of aliphatic imine (C=N–C) groups is 1. The van der Waals surface area contributed by atoms with Gasteiger partial charge in [0.2, 0.25) is 0 Å². The maximum absolute atomic E-state index is 12.4. The zero-order chi connectivity index (χ0) is 21.0. The normalized spacial score (nSPS) is 16.4. The van der Waals surface area contributed by atoms with E-state index in [2.05, 4.69) is 4.99 Å². The van der Waals surface area contributed by atoms with E-state index < -0.39 is 10.9 Å². The topological polar surface area (TPSA) is 122 Å². The van der Waals surface area contributed by atoms with E-state index in [-0.39, 0.29) is 40.1 Å². The molecule has 1 heterocycles. The van der Waals surface area contributed by atoms with Crippen molar-refractivity contribution in [2.24, 2.45) is 4.99 Å². The fourth-order valence-corrected chi connectivity index (χ4v) is 3.56. The first-order valence-corrected chi connectivity index (χ1v) is 9.34. The molecule has 1 aliphatic rings. The lowest BCUT2D eigenvalue weighted by molar-refractivity contribution is -0.384. The average molecular weight is 412 g/mol. The summed E-state index contributed by atoms with van der Waals surface area (Å²) in [5.41, 5.74) is 0.414. The Labute approximate surface area is 170 Å². The molecule has 0 saturated heterocycles. The van der Waals surface area contributed by atoms with Gasteiger partial charge >= 0.3 is 5.97 Å². The number of rotatable bonds is 5. The lowest BCUT2D eigenvalue weighted by Crippen LogP contribution is -2.12.